The van der Waals surface area contributed by atoms with Crippen LogP contribution < -0.4 is 5.32 Å². The van der Waals surface area contributed by atoms with Crippen molar-refractivity contribution in [2.75, 3.05) is 0 Å². The minimum Gasteiger partial charge on any atom is -0.337 e. The predicted molar refractivity (Wildman–Crippen MR) is 64.7 cm³/mol. The largest absolute Gasteiger partial charge is 0.337 e. The molecule has 1 atom stereocenters. The molecule has 0 aromatic carbocycles. The van der Waals surface area contributed by atoms with Crippen molar-refractivity contribution in [3.63, 3.8) is 0 Å². The molecule has 0 saturated carbocycles. The van der Waals surface area contributed by atoms with Gasteiger partial charge in [0.25, 0.3) is 0 Å². The van der Waals surface area contributed by atoms with E-state index in [2.05, 4.69) is 10.3 Å². The molecule has 0 spiro atoms. The van der Waals surface area contributed by atoms with Gasteiger partial charge in [0, 0.05) is 18.8 Å². The van der Waals surface area contributed by atoms with Gasteiger partial charge in [-0.3, -0.25) is 4.79 Å². The van der Waals surface area contributed by atoms with Crippen molar-refractivity contribution in [2.24, 2.45) is 0 Å². The highest BCUT2D eigenvalue weighted by Crippen LogP contribution is 2.30. The molecule has 0 saturated heterocycles. The monoisotopic (exact) mass is 283 g/mol. The van der Waals surface area contributed by atoms with E-state index in [0.717, 1.165) is 0 Å². The summed E-state index contributed by atoms with van der Waals surface area (Å²) in [7, 11) is 0. The van der Waals surface area contributed by atoms with Gasteiger partial charge in [-0.25, -0.2) is 4.98 Å². The lowest BCUT2D eigenvalue weighted by atomic mass is 10.3. The van der Waals surface area contributed by atoms with Gasteiger partial charge in [-0.1, -0.05) is 41.7 Å². The zero-order valence-corrected chi connectivity index (χ0v) is 10.9. The van der Waals surface area contributed by atoms with Gasteiger partial charge in [-0.15, -0.1) is 0 Å². The summed E-state index contributed by atoms with van der Waals surface area (Å²) in [5.74, 6) is -0.198. The quantitative estimate of drug-likeness (QED) is 0.665. The predicted octanol–water partition coefficient (Wildman–Crippen LogP) is 2.15. The van der Waals surface area contributed by atoms with E-state index in [1.807, 2.05) is 0 Å². The third kappa shape index (κ3) is 3.85. The van der Waals surface area contributed by atoms with Crippen molar-refractivity contribution in [1.82, 2.24) is 14.9 Å². The maximum Gasteiger partial charge on any atom is 0.220 e. The Morgan fingerprint density at radius 2 is 2.31 bits per heavy atom. The fourth-order valence-electron chi connectivity index (χ4n) is 1.05. The smallest absolute Gasteiger partial charge is 0.220 e. The van der Waals surface area contributed by atoms with E-state index < -0.39 is 9.83 Å². The van der Waals surface area contributed by atoms with Crippen LogP contribution in [-0.2, 0) is 11.3 Å². The maximum atomic E-state index is 11.1. The summed E-state index contributed by atoms with van der Waals surface area (Å²) in [5, 5.41) is 2.51. The standard InChI is InChI=1S/C9H12Cl3N3O/c1-2-7(16)14-8(10)9(11,12)5-15-4-3-13-6-15/h3-4,6,8H,2,5H2,1H3,(H,14,16). The van der Waals surface area contributed by atoms with E-state index in [4.69, 9.17) is 34.8 Å². The number of nitrogens with one attached hydrogen (secondary N) is 1. The fourth-order valence-corrected chi connectivity index (χ4v) is 1.63. The first kappa shape index (κ1) is 13.6. The highest BCUT2D eigenvalue weighted by Gasteiger charge is 2.34. The number of rotatable bonds is 5. The van der Waals surface area contributed by atoms with E-state index in [-0.39, 0.29) is 12.5 Å². The van der Waals surface area contributed by atoms with Crippen LogP contribution in [-0.4, -0.2) is 25.3 Å². The van der Waals surface area contributed by atoms with E-state index in [1.54, 1.807) is 30.2 Å². The van der Waals surface area contributed by atoms with E-state index in [1.165, 1.54) is 0 Å². The number of amides is 1. The number of carbonyl (C=O) groups excluding carboxylic acids is 1. The summed E-state index contributed by atoms with van der Waals surface area (Å²) in [6, 6.07) is 0. The Labute approximate surface area is 109 Å². The molecule has 1 heterocycles. The fraction of sp³-hybridized carbons (Fsp3) is 0.556. The average molecular weight is 285 g/mol. The molecule has 1 unspecified atom stereocenters. The summed E-state index contributed by atoms with van der Waals surface area (Å²) in [6.45, 7) is 1.97. The number of hydrogen-bond acceptors (Lipinski definition) is 2. The summed E-state index contributed by atoms with van der Waals surface area (Å²) in [4.78, 5) is 15.0. The highest BCUT2D eigenvalue weighted by atomic mass is 35.5. The second-order valence-electron chi connectivity index (χ2n) is 3.28. The minimum atomic E-state index is -1.28. The molecule has 90 valence electrons. The van der Waals surface area contributed by atoms with E-state index >= 15 is 0 Å². The van der Waals surface area contributed by atoms with Gasteiger partial charge in [0.1, 0.15) is 5.50 Å². The average Bonchev–Trinajstić information content (AvgIpc) is 2.69. The second-order valence-corrected chi connectivity index (χ2v) is 5.26. The van der Waals surface area contributed by atoms with Crippen molar-refractivity contribution in [3.8, 4) is 0 Å². The maximum absolute atomic E-state index is 11.1. The molecule has 0 aliphatic carbocycles. The van der Waals surface area contributed by atoms with Gasteiger partial charge < -0.3 is 9.88 Å². The highest BCUT2D eigenvalue weighted by molar-refractivity contribution is 6.52. The Balaban J connectivity index is 2.58. The Kier molecular flexibility index (Phi) is 4.89. The summed E-state index contributed by atoms with van der Waals surface area (Å²) in [5.41, 5.74) is -0.856. The van der Waals surface area contributed by atoms with Crippen LogP contribution in [0.15, 0.2) is 18.7 Å². The zero-order valence-electron chi connectivity index (χ0n) is 8.66. The Hall–Kier alpha value is -0.450. The van der Waals surface area contributed by atoms with Gasteiger partial charge in [-0.2, -0.15) is 0 Å². The van der Waals surface area contributed by atoms with Crippen LogP contribution in [0.2, 0.25) is 0 Å². The van der Waals surface area contributed by atoms with E-state index in [9.17, 15) is 4.79 Å². The van der Waals surface area contributed by atoms with Crippen LogP contribution in [0.3, 0.4) is 0 Å². The first-order chi connectivity index (χ1) is 7.45. The first-order valence-electron chi connectivity index (χ1n) is 4.72. The normalized spacial score (nSPS) is 13.5. The minimum absolute atomic E-state index is 0.198. The molecule has 1 N–H and O–H groups in total. The molecule has 4 nitrogen and oxygen atoms in total. The number of alkyl halides is 3. The summed E-state index contributed by atoms with van der Waals surface area (Å²) >= 11 is 18.0. The van der Waals surface area contributed by atoms with E-state index in [0.29, 0.717) is 6.42 Å². The van der Waals surface area contributed by atoms with Crippen LogP contribution >= 0.6 is 34.8 Å². The molecule has 0 aliphatic rings. The number of imidazole rings is 1. The third-order valence-corrected chi connectivity index (χ3v) is 3.31. The van der Waals surface area contributed by atoms with Crippen LogP contribution in [0.5, 0.6) is 0 Å². The van der Waals surface area contributed by atoms with Crippen molar-refractivity contribution < 1.29 is 4.79 Å². The molecule has 1 amide bonds. The van der Waals surface area contributed by atoms with Crippen LogP contribution in [0.4, 0.5) is 0 Å². The second kappa shape index (κ2) is 5.75. The Morgan fingerprint density at radius 3 is 2.81 bits per heavy atom. The first-order valence-corrected chi connectivity index (χ1v) is 5.92. The number of aromatic nitrogens is 2. The van der Waals surface area contributed by atoms with Crippen LogP contribution in [0.25, 0.3) is 0 Å². The molecular weight excluding hydrogens is 272 g/mol. The molecule has 0 fully saturated rings. The molecule has 16 heavy (non-hydrogen) atoms. The molecule has 0 radical (unpaired) electrons. The molecular formula is C9H12Cl3N3O. The molecule has 7 heteroatoms. The number of carbonyl (C=O) groups is 1. The number of hydrogen-bond donors (Lipinski definition) is 1. The molecule has 0 bridgehead atoms. The SMILES string of the molecule is CCC(=O)NC(Cl)C(Cl)(Cl)Cn1ccnc1. The lowest BCUT2D eigenvalue weighted by Gasteiger charge is -2.26. The third-order valence-electron chi connectivity index (χ3n) is 1.93. The zero-order chi connectivity index (χ0) is 12.2. The Bertz CT molecular complexity index is 340. The van der Waals surface area contributed by atoms with Gasteiger partial charge in [0.2, 0.25) is 5.91 Å². The van der Waals surface area contributed by atoms with Crippen molar-refractivity contribution in [2.45, 2.75) is 29.7 Å². The molecule has 1 rings (SSSR count). The van der Waals surface area contributed by atoms with Gasteiger partial charge in [0.15, 0.2) is 4.33 Å². The topological polar surface area (TPSA) is 46.9 Å². The van der Waals surface area contributed by atoms with Gasteiger partial charge in [-0.05, 0) is 0 Å². The molecule has 1 aromatic heterocycles. The van der Waals surface area contributed by atoms with Crippen LogP contribution in [0.1, 0.15) is 13.3 Å². The Morgan fingerprint density at radius 1 is 1.62 bits per heavy atom. The van der Waals surface area contributed by atoms with Crippen molar-refractivity contribution in [3.05, 3.63) is 18.7 Å². The summed E-state index contributed by atoms with van der Waals surface area (Å²) < 4.78 is 0.403. The van der Waals surface area contributed by atoms with Crippen molar-refractivity contribution in [1.29, 1.82) is 0 Å². The molecule has 1 aromatic rings. The lowest BCUT2D eigenvalue weighted by Crippen LogP contribution is -2.44. The number of halogens is 3. The summed E-state index contributed by atoms with van der Waals surface area (Å²) in [6.07, 6.45) is 5.23. The molecule has 0 aliphatic heterocycles. The van der Waals surface area contributed by atoms with Gasteiger partial charge in [0.05, 0.1) is 12.9 Å². The lowest BCUT2D eigenvalue weighted by molar-refractivity contribution is -0.121. The number of nitrogens with zero attached hydrogens (tertiary/aromatic N) is 2. The van der Waals surface area contributed by atoms with Crippen LogP contribution in [0, 0.1) is 0 Å². The van der Waals surface area contributed by atoms with Gasteiger partial charge >= 0.3 is 0 Å². The van der Waals surface area contributed by atoms with Crippen molar-refractivity contribution >= 4 is 40.7 Å².